The first-order valence-electron chi connectivity index (χ1n) is 7.27. The number of carbonyl (C=O) groups excluding carboxylic acids is 1. The minimum atomic E-state index is -0.369. The van der Waals surface area contributed by atoms with Crippen molar-refractivity contribution in [2.24, 2.45) is 0 Å². The lowest BCUT2D eigenvalue weighted by Gasteiger charge is -2.28. The number of carbonyl (C=O) groups is 1. The molecule has 0 bridgehead atoms. The van der Waals surface area contributed by atoms with Crippen LogP contribution in [0.5, 0.6) is 0 Å². The molecule has 7 nitrogen and oxygen atoms in total. The number of rotatable bonds is 5. The molecule has 1 aliphatic rings. The van der Waals surface area contributed by atoms with Crippen LogP contribution in [0.1, 0.15) is 23.4 Å². The maximum Gasteiger partial charge on any atom is 0.338 e. The predicted octanol–water partition coefficient (Wildman–Crippen LogP) is 2.13. The molecule has 0 saturated carbocycles. The first-order chi connectivity index (χ1) is 11.2. The zero-order valence-electron chi connectivity index (χ0n) is 13.2. The summed E-state index contributed by atoms with van der Waals surface area (Å²) in [5.41, 5.74) is 2.27. The molecule has 2 aromatic heterocycles. The highest BCUT2D eigenvalue weighted by molar-refractivity contribution is 7.10. The molecule has 0 aliphatic carbocycles. The average molecular weight is 334 g/mol. The highest BCUT2D eigenvalue weighted by atomic mass is 32.1. The number of fused-ring (bicyclic) bond motifs is 1. The Labute approximate surface area is 137 Å². The van der Waals surface area contributed by atoms with Crippen molar-refractivity contribution in [2.75, 3.05) is 25.6 Å². The van der Waals surface area contributed by atoms with Gasteiger partial charge in [0.15, 0.2) is 0 Å². The first-order valence-corrected chi connectivity index (χ1v) is 8.15. The quantitative estimate of drug-likeness (QED) is 0.844. The fourth-order valence-electron chi connectivity index (χ4n) is 2.63. The number of thiophene rings is 1. The predicted molar refractivity (Wildman–Crippen MR) is 86.4 cm³/mol. The molecule has 0 radical (unpaired) electrons. The molecule has 23 heavy (non-hydrogen) atoms. The highest BCUT2D eigenvalue weighted by Gasteiger charge is 2.36. The Kier molecular flexibility index (Phi) is 4.44. The number of ether oxygens (including phenoxy) is 2. The van der Waals surface area contributed by atoms with Crippen LogP contribution in [0.3, 0.4) is 0 Å². The van der Waals surface area contributed by atoms with Crippen LogP contribution in [-0.4, -0.2) is 41.1 Å². The van der Waals surface area contributed by atoms with E-state index in [9.17, 15) is 4.79 Å². The van der Waals surface area contributed by atoms with Gasteiger partial charge in [0.25, 0.3) is 0 Å². The fourth-order valence-corrected chi connectivity index (χ4v) is 3.65. The molecule has 0 aromatic carbocycles. The van der Waals surface area contributed by atoms with E-state index in [-0.39, 0.29) is 18.6 Å². The zero-order valence-corrected chi connectivity index (χ0v) is 14.0. The average Bonchev–Trinajstić information content (AvgIpc) is 3.15. The highest BCUT2D eigenvalue weighted by Crippen LogP contribution is 2.38. The van der Waals surface area contributed by atoms with Gasteiger partial charge in [-0.25, -0.2) is 9.48 Å². The summed E-state index contributed by atoms with van der Waals surface area (Å²) in [4.78, 5) is 17.9. The summed E-state index contributed by atoms with van der Waals surface area (Å²) in [6.07, 6.45) is 1.47. The third kappa shape index (κ3) is 2.75. The van der Waals surface area contributed by atoms with E-state index >= 15 is 0 Å². The molecule has 0 amide bonds. The third-order valence-electron chi connectivity index (χ3n) is 3.61. The second kappa shape index (κ2) is 6.51. The molecular formula is C15H18N4O3S. The van der Waals surface area contributed by atoms with Crippen molar-refractivity contribution in [3.8, 4) is 0 Å². The molecule has 2 aromatic rings. The van der Waals surface area contributed by atoms with Crippen molar-refractivity contribution in [1.29, 1.82) is 0 Å². The SMILES string of the molecule is CCOC(=O)C1=C(COC)Nc2ncnn2C1c1sccc1C. The summed E-state index contributed by atoms with van der Waals surface area (Å²) in [7, 11) is 1.59. The van der Waals surface area contributed by atoms with Gasteiger partial charge in [-0.2, -0.15) is 10.1 Å². The van der Waals surface area contributed by atoms with Crippen molar-refractivity contribution in [2.45, 2.75) is 19.9 Å². The Morgan fingerprint density at radius 3 is 3.00 bits per heavy atom. The van der Waals surface area contributed by atoms with Crippen molar-refractivity contribution >= 4 is 23.3 Å². The maximum atomic E-state index is 12.6. The van der Waals surface area contributed by atoms with Crippen LogP contribution in [0.15, 0.2) is 29.0 Å². The molecule has 8 heteroatoms. The van der Waals surface area contributed by atoms with Crippen LogP contribution >= 0.6 is 11.3 Å². The van der Waals surface area contributed by atoms with Gasteiger partial charge in [-0.1, -0.05) is 0 Å². The van der Waals surface area contributed by atoms with Gasteiger partial charge in [-0.3, -0.25) is 0 Å². The van der Waals surface area contributed by atoms with E-state index in [2.05, 4.69) is 15.4 Å². The standard InChI is InChI=1S/C15H18N4O3S/c1-4-22-14(20)11-10(7-21-3)18-15-16-8-17-19(15)12(11)13-9(2)5-6-23-13/h5-6,8,12H,4,7H2,1-3H3,(H,16,17,18). The molecule has 3 heterocycles. The summed E-state index contributed by atoms with van der Waals surface area (Å²) in [5.74, 6) is 0.217. The third-order valence-corrected chi connectivity index (χ3v) is 4.68. The van der Waals surface area contributed by atoms with E-state index in [0.29, 0.717) is 23.8 Å². The number of hydrogen-bond acceptors (Lipinski definition) is 7. The van der Waals surface area contributed by atoms with Crippen LogP contribution in [0.4, 0.5) is 5.95 Å². The Bertz CT molecular complexity index is 749. The van der Waals surface area contributed by atoms with E-state index in [1.165, 1.54) is 6.33 Å². The van der Waals surface area contributed by atoms with Gasteiger partial charge < -0.3 is 14.8 Å². The lowest BCUT2D eigenvalue weighted by atomic mass is 9.99. The van der Waals surface area contributed by atoms with Gasteiger partial charge in [-0.05, 0) is 30.9 Å². The van der Waals surface area contributed by atoms with Crippen molar-refractivity contribution in [1.82, 2.24) is 14.8 Å². The Morgan fingerprint density at radius 2 is 2.35 bits per heavy atom. The molecule has 0 spiro atoms. The summed E-state index contributed by atoms with van der Waals surface area (Å²) < 4.78 is 12.2. The van der Waals surface area contributed by atoms with Crippen LogP contribution in [0.25, 0.3) is 0 Å². The van der Waals surface area contributed by atoms with Gasteiger partial charge in [0.05, 0.1) is 24.5 Å². The normalized spacial score (nSPS) is 16.9. The summed E-state index contributed by atoms with van der Waals surface area (Å²) in [6, 6.07) is 1.66. The first kappa shape index (κ1) is 15.7. The second-order valence-electron chi connectivity index (χ2n) is 5.07. The van der Waals surface area contributed by atoms with E-state index in [0.717, 1.165) is 10.4 Å². The van der Waals surface area contributed by atoms with Crippen LogP contribution in [0.2, 0.25) is 0 Å². The van der Waals surface area contributed by atoms with Crippen LogP contribution < -0.4 is 5.32 Å². The van der Waals surface area contributed by atoms with Crippen LogP contribution in [-0.2, 0) is 14.3 Å². The Hall–Kier alpha value is -2.19. The van der Waals surface area contributed by atoms with E-state index < -0.39 is 0 Å². The zero-order chi connectivity index (χ0) is 16.4. The minimum absolute atomic E-state index is 0.266. The second-order valence-corrected chi connectivity index (χ2v) is 6.02. The largest absolute Gasteiger partial charge is 0.463 e. The number of hydrogen-bond donors (Lipinski definition) is 1. The number of nitrogens with zero attached hydrogens (tertiary/aromatic N) is 3. The fraction of sp³-hybridized carbons (Fsp3) is 0.400. The van der Waals surface area contributed by atoms with Gasteiger partial charge in [0, 0.05) is 12.0 Å². The molecule has 1 aliphatic heterocycles. The number of nitrogens with one attached hydrogen (secondary N) is 1. The van der Waals surface area contributed by atoms with Crippen molar-refractivity contribution < 1.29 is 14.3 Å². The molecule has 122 valence electrons. The molecule has 1 atom stereocenters. The molecular weight excluding hydrogens is 316 g/mol. The van der Waals surface area contributed by atoms with Gasteiger partial charge in [0.1, 0.15) is 12.4 Å². The topological polar surface area (TPSA) is 78.3 Å². The summed E-state index contributed by atoms with van der Waals surface area (Å²) in [6.45, 7) is 4.38. The van der Waals surface area contributed by atoms with Gasteiger partial charge in [-0.15, -0.1) is 11.3 Å². The number of anilines is 1. The summed E-state index contributed by atoms with van der Waals surface area (Å²) >= 11 is 1.58. The summed E-state index contributed by atoms with van der Waals surface area (Å²) in [5, 5.41) is 9.42. The Balaban J connectivity index is 2.17. The number of aryl methyl sites for hydroxylation is 1. The molecule has 0 fully saturated rings. The van der Waals surface area contributed by atoms with E-state index in [1.807, 2.05) is 18.4 Å². The lowest BCUT2D eigenvalue weighted by Crippen LogP contribution is -2.31. The minimum Gasteiger partial charge on any atom is -0.463 e. The monoisotopic (exact) mass is 334 g/mol. The van der Waals surface area contributed by atoms with Gasteiger partial charge >= 0.3 is 5.97 Å². The Morgan fingerprint density at radius 1 is 1.52 bits per heavy atom. The molecule has 1 N–H and O–H groups in total. The van der Waals surface area contributed by atoms with E-state index in [1.54, 1.807) is 30.1 Å². The smallest absolute Gasteiger partial charge is 0.338 e. The van der Waals surface area contributed by atoms with Crippen molar-refractivity contribution in [3.05, 3.63) is 39.5 Å². The molecule has 1 unspecified atom stereocenters. The maximum absolute atomic E-state index is 12.6. The van der Waals surface area contributed by atoms with E-state index in [4.69, 9.17) is 9.47 Å². The van der Waals surface area contributed by atoms with Crippen molar-refractivity contribution in [3.63, 3.8) is 0 Å². The number of aromatic nitrogens is 3. The molecule has 3 rings (SSSR count). The van der Waals surface area contributed by atoms with Gasteiger partial charge in [0.2, 0.25) is 5.95 Å². The molecule has 0 saturated heterocycles. The lowest BCUT2D eigenvalue weighted by molar-refractivity contribution is -0.139. The number of esters is 1. The number of methoxy groups -OCH3 is 1. The van der Waals surface area contributed by atoms with Crippen LogP contribution in [0, 0.1) is 6.92 Å².